The Labute approximate surface area is 132 Å². The van der Waals surface area contributed by atoms with Crippen molar-refractivity contribution in [2.75, 3.05) is 13.1 Å². The summed E-state index contributed by atoms with van der Waals surface area (Å²) in [4.78, 5) is 25.3. The topological polar surface area (TPSA) is 58.6 Å². The third-order valence-electron chi connectivity index (χ3n) is 2.79. The van der Waals surface area contributed by atoms with Gasteiger partial charge < -0.3 is 15.0 Å². The Morgan fingerprint density at radius 3 is 2.22 bits per heavy atom. The third-order valence-corrected chi connectivity index (χ3v) is 2.79. The van der Waals surface area contributed by atoms with Crippen LogP contribution >= 0.6 is 0 Å². The molecule has 0 unspecified atom stereocenters. The molecule has 0 saturated carbocycles. The van der Waals surface area contributed by atoms with Gasteiger partial charge in [0.1, 0.15) is 5.75 Å². The number of hydrogen-bond donors (Lipinski definition) is 1. The molecule has 0 atom stereocenters. The Bertz CT molecular complexity index is 542. The average Bonchev–Trinajstić information content (AvgIpc) is 2.42. The van der Waals surface area contributed by atoms with Crippen molar-refractivity contribution in [2.24, 2.45) is 0 Å². The van der Waals surface area contributed by atoms with Crippen molar-refractivity contribution in [1.82, 2.24) is 10.2 Å². The van der Waals surface area contributed by atoms with Gasteiger partial charge in [0.25, 0.3) is 5.91 Å². The number of halogens is 3. The van der Waals surface area contributed by atoms with Crippen molar-refractivity contribution >= 4 is 11.8 Å². The maximum absolute atomic E-state index is 12.3. The minimum atomic E-state index is -4.78. The number of carbonyl (C=O) groups excluding carboxylic acids is 2. The summed E-state index contributed by atoms with van der Waals surface area (Å²) in [6.07, 6.45) is -4.78. The zero-order chi connectivity index (χ0) is 17.6. The molecule has 1 N–H and O–H groups in total. The number of ether oxygens (including phenoxy) is 1. The van der Waals surface area contributed by atoms with Gasteiger partial charge in [0, 0.05) is 18.2 Å². The van der Waals surface area contributed by atoms with Gasteiger partial charge in [-0.1, -0.05) is 0 Å². The van der Waals surface area contributed by atoms with Crippen molar-refractivity contribution < 1.29 is 27.5 Å². The first-order valence-electron chi connectivity index (χ1n) is 7.06. The lowest BCUT2D eigenvalue weighted by molar-refractivity contribution is -0.274. The fourth-order valence-electron chi connectivity index (χ4n) is 1.85. The number of alkyl halides is 3. The zero-order valence-corrected chi connectivity index (χ0v) is 13.1. The van der Waals surface area contributed by atoms with Gasteiger partial charge in [-0.25, -0.2) is 0 Å². The van der Waals surface area contributed by atoms with Gasteiger partial charge in [0.15, 0.2) is 0 Å². The van der Waals surface area contributed by atoms with Crippen molar-refractivity contribution in [3.05, 3.63) is 29.8 Å². The standard InChI is InChI=1S/C15H19F3N2O3/c1-4-20(9-13(21)19-10(2)3)14(22)11-5-7-12(8-6-11)23-15(16,17)18/h5-8,10H,4,9H2,1-3H3,(H,19,21). The van der Waals surface area contributed by atoms with Gasteiger partial charge in [-0.2, -0.15) is 0 Å². The Hall–Kier alpha value is -2.25. The summed E-state index contributed by atoms with van der Waals surface area (Å²) in [5.74, 6) is -1.15. The lowest BCUT2D eigenvalue weighted by atomic mass is 10.2. The molecule has 5 nitrogen and oxygen atoms in total. The molecular formula is C15H19F3N2O3. The molecule has 128 valence electrons. The molecule has 0 aliphatic rings. The quantitative estimate of drug-likeness (QED) is 0.871. The smallest absolute Gasteiger partial charge is 0.406 e. The number of likely N-dealkylation sites (N-methyl/N-ethyl adjacent to an activating group) is 1. The molecule has 0 aliphatic heterocycles. The second-order valence-corrected chi connectivity index (χ2v) is 5.11. The van der Waals surface area contributed by atoms with E-state index in [4.69, 9.17) is 0 Å². The molecule has 23 heavy (non-hydrogen) atoms. The Kier molecular flexibility index (Phi) is 6.41. The first-order valence-corrected chi connectivity index (χ1v) is 7.06. The SMILES string of the molecule is CCN(CC(=O)NC(C)C)C(=O)c1ccc(OC(F)(F)F)cc1. The van der Waals surface area contributed by atoms with E-state index >= 15 is 0 Å². The van der Waals surface area contributed by atoms with Crippen LogP contribution in [0.5, 0.6) is 5.75 Å². The van der Waals surface area contributed by atoms with E-state index in [-0.39, 0.29) is 24.1 Å². The van der Waals surface area contributed by atoms with Crippen molar-refractivity contribution in [1.29, 1.82) is 0 Å². The van der Waals surface area contributed by atoms with Gasteiger partial charge in [0.05, 0.1) is 6.54 Å². The molecule has 0 fully saturated rings. The minimum Gasteiger partial charge on any atom is -0.406 e. The molecular weight excluding hydrogens is 313 g/mol. The first-order chi connectivity index (χ1) is 10.6. The third kappa shape index (κ3) is 6.58. The van der Waals surface area contributed by atoms with Crippen molar-refractivity contribution in [2.45, 2.75) is 33.2 Å². The van der Waals surface area contributed by atoms with Crippen LogP contribution in [0.4, 0.5) is 13.2 Å². The number of hydrogen-bond acceptors (Lipinski definition) is 3. The minimum absolute atomic E-state index is 0.0462. The fraction of sp³-hybridized carbons (Fsp3) is 0.467. The predicted octanol–water partition coefficient (Wildman–Crippen LogP) is 2.57. The molecule has 0 bridgehead atoms. The number of nitrogens with zero attached hydrogens (tertiary/aromatic N) is 1. The molecule has 0 aromatic heterocycles. The highest BCUT2D eigenvalue weighted by Gasteiger charge is 2.31. The monoisotopic (exact) mass is 332 g/mol. The van der Waals surface area contributed by atoms with E-state index in [1.54, 1.807) is 20.8 Å². The Morgan fingerprint density at radius 2 is 1.78 bits per heavy atom. The summed E-state index contributed by atoms with van der Waals surface area (Å²) in [5.41, 5.74) is 0.179. The normalized spacial score (nSPS) is 11.3. The van der Waals surface area contributed by atoms with Crippen LogP contribution < -0.4 is 10.1 Å². The second-order valence-electron chi connectivity index (χ2n) is 5.11. The van der Waals surface area contributed by atoms with Gasteiger partial charge in [-0.15, -0.1) is 13.2 Å². The molecule has 1 rings (SSSR count). The molecule has 8 heteroatoms. The summed E-state index contributed by atoms with van der Waals surface area (Å²) in [6.45, 7) is 5.49. The molecule has 2 amide bonds. The van der Waals surface area contributed by atoms with E-state index in [0.717, 1.165) is 12.1 Å². The Balaban J connectivity index is 2.76. The lowest BCUT2D eigenvalue weighted by Gasteiger charge is -2.21. The highest BCUT2D eigenvalue weighted by molar-refractivity contribution is 5.96. The van der Waals surface area contributed by atoms with E-state index < -0.39 is 18.0 Å². The highest BCUT2D eigenvalue weighted by Crippen LogP contribution is 2.23. The number of amides is 2. The summed E-state index contributed by atoms with van der Waals surface area (Å²) in [7, 11) is 0. The molecule has 0 saturated heterocycles. The number of carbonyl (C=O) groups is 2. The molecule has 0 spiro atoms. The number of benzene rings is 1. The summed E-state index contributed by atoms with van der Waals surface area (Å²) in [6, 6.07) is 4.53. The van der Waals surface area contributed by atoms with Crippen molar-refractivity contribution in [3.8, 4) is 5.75 Å². The van der Waals surface area contributed by atoms with Crippen LogP contribution in [-0.4, -0.2) is 42.2 Å². The van der Waals surface area contributed by atoms with E-state index in [2.05, 4.69) is 10.1 Å². The van der Waals surface area contributed by atoms with Crippen LogP contribution in [0.2, 0.25) is 0 Å². The molecule has 0 aliphatic carbocycles. The van der Waals surface area contributed by atoms with Gasteiger partial charge in [-0.3, -0.25) is 9.59 Å². The molecule has 0 heterocycles. The van der Waals surface area contributed by atoms with Crippen LogP contribution in [-0.2, 0) is 4.79 Å². The largest absolute Gasteiger partial charge is 0.573 e. The van der Waals surface area contributed by atoms with Crippen LogP contribution in [0.25, 0.3) is 0 Å². The zero-order valence-electron chi connectivity index (χ0n) is 13.1. The number of rotatable bonds is 6. The van der Waals surface area contributed by atoms with Crippen LogP contribution in [0.1, 0.15) is 31.1 Å². The fourth-order valence-corrected chi connectivity index (χ4v) is 1.85. The van der Waals surface area contributed by atoms with E-state index in [1.807, 2.05) is 0 Å². The second kappa shape index (κ2) is 7.85. The molecule has 1 aromatic rings. The average molecular weight is 332 g/mol. The summed E-state index contributed by atoms with van der Waals surface area (Å²) >= 11 is 0. The van der Waals surface area contributed by atoms with Crippen LogP contribution in [0.15, 0.2) is 24.3 Å². The molecule has 0 radical (unpaired) electrons. The van der Waals surface area contributed by atoms with Crippen LogP contribution in [0, 0.1) is 0 Å². The first kappa shape index (κ1) is 18.8. The maximum atomic E-state index is 12.3. The Morgan fingerprint density at radius 1 is 1.22 bits per heavy atom. The molecule has 1 aromatic carbocycles. The highest BCUT2D eigenvalue weighted by atomic mass is 19.4. The summed E-state index contributed by atoms with van der Waals surface area (Å²) < 4.78 is 40.0. The van der Waals surface area contributed by atoms with Gasteiger partial charge >= 0.3 is 6.36 Å². The van der Waals surface area contributed by atoms with E-state index in [9.17, 15) is 22.8 Å². The summed E-state index contributed by atoms with van der Waals surface area (Å²) in [5, 5.41) is 2.67. The maximum Gasteiger partial charge on any atom is 0.573 e. The van der Waals surface area contributed by atoms with Gasteiger partial charge in [0.2, 0.25) is 5.91 Å². The van der Waals surface area contributed by atoms with E-state index in [1.165, 1.54) is 17.0 Å². The van der Waals surface area contributed by atoms with E-state index in [0.29, 0.717) is 6.54 Å². The lowest BCUT2D eigenvalue weighted by Crippen LogP contribution is -2.42. The number of nitrogens with one attached hydrogen (secondary N) is 1. The van der Waals surface area contributed by atoms with Crippen molar-refractivity contribution in [3.63, 3.8) is 0 Å². The van der Waals surface area contributed by atoms with Crippen LogP contribution in [0.3, 0.4) is 0 Å². The van der Waals surface area contributed by atoms with Gasteiger partial charge in [-0.05, 0) is 45.0 Å². The predicted molar refractivity (Wildman–Crippen MR) is 78.0 cm³/mol.